The molecule has 1 heterocycles. The number of nitrogens with zero attached hydrogens (tertiary/aromatic N) is 2. The number of carbonyl (C=O) groups is 1. The van der Waals surface area contributed by atoms with E-state index in [1.54, 1.807) is 11.7 Å². The van der Waals surface area contributed by atoms with Crippen molar-refractivity contribution in [1.29, 1.82) is 0 Å². The van der Waals surface area contributed by atoms with Crippen molar-refractivity contribution < 1.29 is 4.79 Å². The molecule has 0 aliphatic heterocycles. The van der Waals surface area contributed by atoms with Gasteiger partial charge in [-0.05, 0) is 0 Å². The van der Waals surface area contributed by atoms with Gasteiger partial charge in [-0.25, -0.2) is 0 Å². The van der Waals surface area contributed by atoms with Crippen molar-refractivity contribution in [2.45, 2.75) is 6.42 Å². The van der Waals surface area contributed by atoms with Crippen LogP contribution >= 0.6 is 11.6 Å². The Labute approximate surface area is 63.6 Å². The number of halogens is 1. The number of hydrogen-bond donors (Lipinski definition) is 0. The fourth-order valence-corrected chi connectivity index (χ4v) is 0.988. The van der Waals surface area contributed by atoms with Gasteiger partial charge in [-0.15, -0.1) is 0 Å². The zero-order valence-electron chi connectivity index (χ0n) is 5.54. The molecular weight excluding hydrogens is 152 g/mol. The Morgan fingerprint density at radius 2 is 2.60 bits per heavy atom. The van der Waals surface area contributed by atoms with Gasteiger partial charge in [0.15, 0.2) is 0 Å². The van der Waals surface area contributed by atoms with Crippen LogP contribution in [0.25, 0.3) is 0 Å². The molecule has 0 aromatic carbocycles. The lowest BCUT2D eigenvalue weighted by Gasteiger charge is -1.94. The Balaban J connectivity index is 2.97. The smallest absolute Gasteiger partial charge is 0.125 e. The Morgan fingerprint density at radius 1 is 1.90 bits per heavy atom. The lowest BCUT2D eigenvalue weighted by molar-refractivity contribution is -0.107. The van der Waals surface area contributed by atoms with Crippen LogP contribution in [0.2, 0.25) is 5.02 Å². The molecule has 0 N–H and O–H groups in total. The van der Waals surface area contributed by atoms with Gasteiger partial charge in [0.25, 0.3) is 0 Å². The maximum atomic E-state index is 10.1. The van der Waals surface area contributed by atoms with E-state index in [9.17, 15) is 4.79 Å². The van der Waals surface area contributed by atoms with Crippen LogP contribution in [0.1, 0.15) is 5.69 Å². The van der Waals surface area contributed by atoms with Crippen molar-refractivity contribution in [3.8, 4) is 0 Å². The highest BCUT2D eigenvalue weighted by Crippen LogP contribution is 2.12. The molecule has 0 saturated heterocycles. The Kier molecular flexibility index (Phi) is 2.06. The number of carbonyl (C=O) groups excluding carboxylic acids is 1. The van der Waals surface area contributed by atoms with E-state index in [4.69, 9.17) is 11.6 Å². The molecular formula is C6H7ClN2O. The van der Waals surface area contributed by atoms with Crippen molar-refractivity contribution in [1.82, 2.24) is 9.78 Å². The summed E-state index contributed by atoms with van der Waals surface area (Å²) in [7, 11) is 1.75. The van der Waals surface area contributed by atoms with Gasteiger partial charge >= 0.3 is 0 Å². The molecule has 0 spiro atoms. The first-order valence-corrected chi connectivity index (χ1v) is 3.23. The maximum Gasteiger partial charge on any atom is 0.125 e. The molecule has 1 aromatic rings. The van der Waals surface area contributed by atoms with Gasteiger partial charge in [-0.1, -0.05) is 11.6 Å². The molecule has 4 heteroatoms. The van der Waals surface area contributed by atoms with E-state index in [0.717, 1.165) is 12.0 Å². The molecule has 0 unspecified atom stereocenters. The molecule has 54 valence electrons. The van der Waals surface area contributed by atoms with Crippen LogP contribution in [0, 0.1) is 0 Å². The second-order valence-corrected chi connectivity index (χ2v) is 2.34. The predicted octanol–water partition coefficient (Wildman–Crippen LogP) is 0.815. The van der Waals surface area contributed by atoms with E-state index in [2.05, 4.69) is 5.10 Å². The normalized spacial score (nSPS) is 9.80. The van der Waals surface area contributed by atoms with Gasteiger partial charge in [0.1, 0.15) is 6.29 Å². The average Bonchev–Trinajstić information content (AvgIpc) is 2.20. The lowest BCUT2D eigenvalue weighted by Crippen LogP contribution is -1.98. The molecule has 0 radical (unpaired) electrons. The van der Waals surface area contributed by atoms with Crippen molar-refractivity contribution >= 4 is 17.9 Å². The highest BCUT2D eigenvalue weighted by molar-refractivity contribution is 6.31. The first-order valence-electron chi connectivity index (χ1n) is 2.85. The average molecular weight is 159 g/mol. The highest BCUT2D eigenvalue weighted by atomic mass is 35.5. The second kappa shape index (κ2) is 2.84. The molecule has 1 rings (SSSR count). The van der Waals surface area contributed by atoms with Crippen molar-refractivity contribution in [3.05, 3.63) is 16.9 Å². The third-order valence-corrected chi connectivity index (χ3v) is 1.60. The molecule has 0 saturated carbocycles. The van der Waals surface area contributed by atoms with Crippen molar-refractivity contribution in [2.75, 3.05) is 0 Å². The van der Waals surface area contributed by atoms with E-state index in [1.807, 2.05) is 0 Å². The van der Waals surface area contributed by atoms with Crippen LogP contribution < -0.4 is 0 Å². The van der Waals surface area contributed by atoms with E-state index < -0.39 is 0 Å². The summed E-state index contributed by atoms with van der Waals surface area (Å²) in [5.41, 5.74) is 0.761. The van der Waals surface area contributed by atoms with Gasteiger partial charge in [0.2, 0.25) is 0 Å². The van der Waals surface area contributed by atoms with Crippen molar-refractivity contribution in [2.24, 2.45) is 7.05 Å². The molecule has 0 aliphatic rings. The molecule has 0 atom stereocenters. The zero-order valence-corrected chi connectivity index (χ0v) is 6.30. The Hall–Kier alpha value is -0.830. The minimum absolute atomic E-state index is 0.329. The molecule has 0 aliphatic carbocycles. The van der Waals surface area contributed by atoms with Crippen LogP contribution in [-0.4, -0.2) is 16.1 Å². The number of hydrogen-bond acceptors (Lipinski definition) is 2. The summed E-state index contributed by atoms with van der Waals surface area (Å²) in [6.07, 6.45) is 2.67. The van der Waals surface area contributed by atoms with Gasteiger partial charge in [-0.2, -0.15) is 5.10 Å². The van der Waals surface area contributed by atoms with Gasteiger partial charge in [0.05, 0.1) is 16.9 Å². The van der Waals surface area contributed by atoms with Crippen LogP contribution in [0.5, 0.6) is 0 Å². The first-order chi connectivity index (χ1) is 4.75. The minimum atomic E-state index is 0.329. The van der Waals surface area contributed by atoms with E-state index >= 15 is 0 Å². The molecule has 0 bridgehead atoms. The van der Waals surface area contributed by atoms with Gasteiger partial charge < -0.3 is 4.79 Å². The molecule has 10 heavy (non-hydrogen) atoms. The number of aryl methyl sites for hydroxylation is 1. The SMILES string of the molecule is Cn1ncc(Cl)c1CC=O. The third kappa shape index (κ3) is 1.19. The molecule has 3 nitrogen and oxygen atoms in total. The summed E-state index contributed by atoms with van der Waals surface area (Å²) >= 11 is 5.68. The standard InChI is InChI=1S/C6H7ClN2O/c1-9-6(2-3-10)5(7)4-8-9/h3-4H,2H2,1H3. The van der Waals surface area contributed by atoms with Crippen LogP contribution in [0.3, 0.4) is 0 Å². The summed E-state index contributed by atoms with van der Waals surface area (Å²) in [5.74, 6) is 0. The molecule has 1 aromatic heterocycles. The van der Waals surface area contributed by atoms with Gasteiger partial charge in [-0.3, -0.25) is 4.68 Å². The number of rotatable bonds is 2. The quantitative estimate of drug-likeness (QED) is 0.598. The summed E-state index contributed by atoms with van der Waals surface area (Å²) in [6.45, 7) is 0. The summed E-state index contributed by atoms with van der Waals surface area (Å²) < 4.78 is 1.59. The lowest BCUT2D eigenvalue weighted by atomic mass is 10.3. The minimum Gasteiger partial charge on any atom is -0.303 e. The molecule has 0 fully saturated rings. The second-order valence-electron chi connectivity index (χ2n) is 1.93. The van der Waals surface area contributed by atoms with E-state index in [0.29, 0.717) is 11.4 Å². The fraction of sp³-hybridized carbons (Fsp3) is 0.333. The number of aldehydes is 1. The maximum absolute atomic E-state index is 10.1. The summed E-state index contributed by atoms with van der Waals surface area (Å²) in [5, 5.41) is 4.41. The predicted molar refractivity (Wildman–Crippen MR) is 38.0 cm³/mol. The van der Waals surface area contributed by atoms with Crippen LogP contribution in [-0.2, 0) is 18.3 Å². The Morgan fingerprint density at radius 3 is 3.00 bits per heavy atom. The van der Waals surface area contributed by atoms with E-state index in [-0.39, 0.29) is 0 Å². The Bertz CT molecular complexity index is 224. The van der Waals surface area contributed by atoms with Crippen LogP contribution in [0.15, 0.2) is 6.20 Å². The molecule has 0 amide bonds. The van der Waals surface area contributed by atoms with Crippen molar-refractivity contribution in [3.63, 3.8) is 0 Å². The van der Waals surface area contributed by atoms with Crippen LogP contribution in [0.4, 0.5) is 0 Å². The summed E-state index contributed by atoms with van der Waals surface area (Å²) in [6, 6.07) is 0. The fourth-order valence-electron chi connectivity index (χ4n) is 0.745. The first kappa shape index (κ1) is 7.28. The largest absolute Gasteiger partial charge is 0.303 e. The number of aromatic nitrogens is 2. The third-order valence-electron chi connectivity index (χ3n) is 1.29. The monoisotopic (exact) mass is 158 g/mol. The topological polar surface area (TPSA) is 34.9 Å². The van der Waals surface area contributed by atoms with Gasteiger partial charge in [0, 0.05) is 13.5 Å². The zero-order chi connectivity index (χ0) is 7.56. The van der Waals surface area contributed by atoms with E-state index in [1.165, 1.54) is 6.20 Å². The summed E-state index contributed by atoms with van der Waals surface area (Å²) in [4.78, 5) is 10.1. The highest BCUT2D eigenvalue weighted by Gasteiger charge is 2.03.